The summed E-state index contributed by atoms with van der Waals surface area (Å²) < 4.78 is 6.98. The number of thiazole rings is 1. The minimum atomic E-state index is -1.18. The number of nitrogens with zero attached hydrogens (tertiary/aromatic N) is 2. The average Bonchev–Trinajstić information content (AvgIpc) is 3.53. The number of carbonyl (C=O) groups is 2. The van der Waals surface area contributed by atoms with Crippen molar-refractivity contribution in [1.29, 1.82) is 0 Å². The SMILES string of the molecule is Cc1cc2nc(-c3ccnc(-c4ccc5c(c4)CC(=O)N5)c3)sc2c(-c2ccc(Cl)cc2)c1[C@H](OC(C)(C)C)C(=O)O. The van der Waals surface area contributed by atoms with Crippen molar-refractivity contribution in [1.82, 2.24) is 9.97 Å². The average molecular weight is 598 g/mol. The molecule has 0 saturated heterocycles. The second-order valence-corrected chi connectivity index (χ2v) is 12.8. The molecule has 3 aromatic carbocycles. The minimum Gasteiger partial charge on any atom is -0.479 e. The van der Waals surface area contributed by atoms with Crippen LogP contribution in [0, 0.1) is 6.92 Å². The summed E-state index contributed by atoms with van der Waals surface area (Å²) in [6.45, 7) is 7.44. The molecule has 7 nitrogen and oxygen atoms in total. The number of carboxylic acids is 1. The Morgan fingerprint density at radius 2 is 1.79 bits per heavy atom. The number of amides is 1. The topological polar surface area (TPSA) is 101 Å². The van der Waals surface area contributed by atoms with Crippen molar-refractivity contribution in [2.75, 3.05) is 5.32 Å². The summed E-state index contributed by atoms with van der Waals surface area (Å²) in [5.74, 6) is -1.07. The standard InChI is InChI=1S/C33H28ClN3O4S/c1-17-13-25-30(28(18-5-8-22(34)9-6-18)27(17)29(32(39)40)41-33(2,3)4)42-31(37-25)20-11-12-35-24(15-20)19-7-10-23-21(14-19)16-26(38)36-23/h5-15,29H,16H2,1-4H3,(H,36,38)(H,39,40)/t29-/m0/s1. The molecule has 5 aromatic rings. The molecule has 1 aliphatic rings. The normalized spacial score (nSPS) is 13.7. The van der Waals surface area contributed by atoms with Crippen molar-refractivity contribution in [3.8, 4) is 33.0 Å². The number of fused-ring (bicyclic) bond motifs is 2. The predicted molar refractivity (Wildman–Crippen MR) is 167 cm³/mol. The van der Waals surface area contributed by atoms with Crippen LogP contribution in [0.2, 0.25) is 5.02 Å². The third-order valence-electron chi connectivity index (χ3n) is 7.05. The van der Waals surface area contributed by atoms with Gasteiger partial charge < -0.3 is 15.2 Å². The van der Waals surface area contributed by atoms with Gasteiger partial charge in [0.1, 0.15) is 5.01 Å². The van der Waals surface area contributed by atoms with E-state index in [1.807, 2.05) is 76.2 Å². The van der Waals surface area contributed by atoms with Gasteiger partial charge in [0.05, 0.1) is 27.9 Å². The molecular formula is C33H28ClN3O4S. The van der Waals surface area contributed by atoms with Gasteiger partial charge in [0.25, 0.3) is 0 Å². The molecule has 1 aliphatic heterocycles. The van der Waals surface area contributed by atoms with Crippen LogP contribution in [0.5, 0.6) is 0 Å². The molecule has 0 spiro atoms. The molecule has 2 N–H and O–H groups in total. The second-order valence-electron chi connectivity index (χ2n) is 11.3. The lowest BCUT2D eigenvalue weighted by Gasteiger charge is -2.28. The number of aromatic nitrogens is 2. The van der Waals surface area contributed by atoms with Gasteiger partial charge in [0.2, 0.25) is 5.91 Å². The van der Waals surface area contributed by atoms with E-state index in [2.05, 4.69) is 10.3 Å². The van der Waals surface area contributed by atoms with Gasteiger partial charge in [0, 0.05) is 39.2 Å². The molecule has 0 aliphatic carbocycles. The van der Waals surface area contributed by atoms with E-state index in [-0.39, 0.29) is 5.91 Å². The first kappa shape index (κ1) is 28.0. The van der Waals surface area contributed by atoms with Crippen LogP contribution < -0.4 is 5.32 Å². The van der Waals surface area contributed by atoms with Gasteiger partial charge in [-0.1, -0.05) is 29.8 Å². The third kappa shape index (κ3) is 5.41. The molecule has 0 unspecified atom stereocenters. The summed E-state index contributed by atoms with van der Waals surface area (Å²) in [7, 11) is 0. The Kier molecular flexibility index (Phi) is 7.09. The highest BCUT2D eigenvalue weighted by Gasteiger charge is 2.32. The minimum absolute atomic E-state index is 0.0115. The van der Waals surface area contributed by atoms with Crippen LogP contribution in [0.4, 0.5) is 5.69 Å². The maximum Gasteiger partial charge on any atom is 0.337 e. The highest BCUT2D eigenvalue weighted by atomic mass is 35.5. The van der Waals surface area contributed by atoms with Crippen LogP contribution in [0.15, 0.2) is 66.9 Å². The van der Waals surface area contributed by atoms with E-state index in [0.29, 0.717) is 17.0 Å². The van der Waals surface area contributed by atoms with Crippen LogP contribution in [-0.2, 0) is 20.7 Å². The molecule has 0 radical (unpaired) electrons. The van der Waals surface area contributed by atoms with Gasteiger partial charge in [-0.2, -0.15) is 0 Å². The van der Waals surface area contributed by atoms with Crippen LogP contribution in [-0.4, -0.2) is 32.6 Å². The Labute approximate surface area is 252 Å². The van der Waals surface area contributed by atoms with Crippen LogP contribution in [0.3, 0.4) is 0 Å². The molecule has 0 bridgehead atoms. The number of benzene rings is 3. The Morgan fingerprint density at radius 1 is 1.05 bits per heavy atom. The molecule has 0 fully saturated rings. The van der Waals surface area contributed by atoms with Crippen LogP contribution in [0.25, 0.3) is 43.2 Å². The van der Waals surface area contributed by atoms with Crippen LogP contribution in [0.1, 0.15) is 43.6 Å². The first-order valence-corrected chi connectivity index (χ1v) is 14.7. The van der Waals surface area contributed by atoms with Crippen molar-refractivity contribution in [2.45, 2.75) is 45.8 Å². The van der Waals surface area contributed by atoms with Crippen molar-refractivity contribution >= 4 is 50.7 Å². The lowest BCUT2D eigenvalue weighted by atomic mass is 9.91. The van der Waals surface area contributed by atoms with Crippen molar-refractivity contribution < 1.29 is 19.4 Å². The van der Waals surface area contributed by atoms with E-state index in [4.69, 9.17) is 21.3 Å². The number of hydrogen-bond donors (Lipinski definition) is 2. The number of anilines is 1. The van der Waals surface area contributed by atoms with E-state index in [1.165, 1.54) is 11.3 Å². The molecule has 1 amide bonds. The molecule has 0 saturated carbocycles. The fraction of sp³-hybridized carbons (Fsp3) is 0.212. The molecule has 9 heteroatoms. The number of pyridine rings is 1. The molecular weight excluding hydrogens is 570 g/mol. The summed E-state index contributed by atoms with van der Waals surface area (Å²) in [6.07, 6.45) is 0.924. The van der Waals surface area contributed by atoms with Gasteiger partial charge in [0.15, 0.2) is 6.10 Å². The number of aryl methyl sites for hydroxylation is 1. The van der Waals surface area contributed by atoms with E-state index < -0.39 is 17.7 Å². The molecule has 42 heavy (non-hydrogen) atoms. The first-order valence-electron chi connectivity index (χ1n) is 13.5. The van der Waals surface area contributed by atoms with Gasteiger partial charge in [-0.3, -0.25) is 9.78 Å². The van der Waals surface area contributed by atoms with Crippen molar-refractivity contribution in [2.24, 2.45) is 0 Å². The number of carbonyl (C=O) groups excluding carboxylic acids is 1. The van der Waals surface area contributed by atoms with E-state index in [0.717, 1.165) is 60.0 Å². The Bertz CT molecular complexity index is 1880. The zero-order chi connectivity index (χ0) is 29.8. The van der Waals surface area contributed by atoms with E-state index in [9.17, 15) is 14.7 Å². The maximum absolute atomic E-state index is 12.6. The zero-order valence-electron chi connectivity index (χ0n) is 23.5. The Balaban J connectivity index is 1.51. The third-order valence-corrected chi connectivity index (χ3v) is 8.44. The number of halogens is 1. The highest BCUT2D eigenvalue weighted by molar-refractivity contribution is 7.22. The smallest absolute Gasteiger partial charge is 0.337 e. The van der Waals surface area contributed by atoms with Crippen molar-refractivity contribution in [3.63, 3.8) is 0 Å². The monoisotopic (exact) mass is 597 g/mol. The molecule has 2 aromatic heterocycles. The van der Waals surface area contributed by atoms with Gasteiger partial charge in [-0.25, -0.2) is 9.78 Å². The van der Waals surface area contributed by atoms with E-state index >= 15 is 0 Å². The summed E-state index contributed by atoms with van der Waals surface area (Å²) in [5, 5.41) is 14.5. The number of aliphatic carboxylic acids is 1. The van der Waals surface area contributed by atoms with Gasteiger partial charge in [-0.05, 0) is 86.8 Å². The second kappa shape index (κ2) is 10.6. The quantitative estimate of drug-likeness (QED) is 0.205. The summed E-state index contributed by atoms with van der Waals surface area (Å²) in [5.41, 5.74) is 7.41. The van der Waals surface area contributed by atoms with Gasteiger partial charge >= 0.3 is 5.97 Å². The number of ether oxygens (including phenoxy) is 1. The molecule has 3 heterocycles. The number of carboxylic acid groups (broad SMARTS) is 1. The summed E-state index contributed by atoms with van der Waals surface area (Å²) in [4.78, 5) is 34.0. The molecule has 6 rings (SSSR count). The fourth-order valence-electron chi connectivity index (χ4n) is 5.27. The van der Waals surface area contributed by atoms with Crippen LogP contribution >= 0.6 is 22.9 Å². The Hall–Kier alpha value is -4.11. The molecule has 1 atom stereocenters. The van der Waals surface area contributed by atoms with Crippen molar-refractivity contribution in [3.05, 3.63) is 88.6 Å². The predicted octanol–water partition coefficient (Wildman–Crippen LogP) is 8.09. The number of rotatable bonds is 6. The number of hydrogen-bond acceptors (Lipinski definition) is 6. The summed E-state index contributed by atoms with van der Waals surface area (Å²) in [6, 6.07) is 19.1. The van der Waals surface area contributed by atoms with Gasteiger partial charge in [-0.15, -0.1) is 11.3 Å². The Morgan fingerprint density at radius 3 is 2.50 bits per heavy atom. The lowest BCUT2D eigenvalue weighted by Crippen LogP contribution is -2.28. The lowest BCUT2D eigenvalue weighted by molar-refractivity contribution is -0.160. The zero-order valence-corrected chi connectivity index (χ0v) is 25.1. The number of nitrogens with one attached hydrogen (secondary N) is 1. The molecule has 212 valence electrons. The highest BCUT2D eigenvalue weighted by Crippen LogP contribution is 2.44. The maximum atomic E-state index is 12.6. The first-order chi connectivity index (χ1) is 20.0. The van der Waals surface area contributed by atoms with E-state index in [1.54, 1.807) is 18.3 Å². The fourth-order valence-corrected chi connectivity index (χ4v) is 6.52. The summed E-state index contributed by atoms with van der Waals surface area (Å²) >= 11 is 7.72. The largest absolute Gasteiger partial charge is 0.479 e.